The van der Waals surface area contributed by atoms with Gasteiger partial charge in [-0.3, -0.25) is 9.69 Å². The second-order valence-corrected chi connectivity index (χ2v) is 6.57. The normalized spacial score (nSPS) is 15.4. The van der Waals surface area contributed by atoms with Gasteiger partial charge in [0.25, 0.3) is 0 Å². The first-order valence-electron chi connectivity index (χ1n) is 7.93. The van der Waals surface area contributed by atoms with Gasteiger partial charge in [-0.25, -0.2) is 0 Å². The summed E-state index contributed by atoms with van der Waals surface area (Å²) in [5.41, 5.74) is 2.15. The van der Waals surface area contributed by atoms with Gasteiger partial charge < -0.3 is 5.32 Å². The summed E-state index contributed by atoms with van der Waals surface area (Å²) in [6.07, 6.45) is 2.18. The van der Waals surface area contributed by atoms with E-state index < -0.39 is 0 Å². The summed E-state index contributed by atoms with van der Waals surface area (Å²) < 4.78 is 0. The maximum Gasteiger partial charge on any atom is 0.242 e. The molecule has 0 saturated heterocycles. The van der Waals surface area contributed by atoms with Gasteiger partial charge in [0.1, 0.15) is 6.04 Å². The van der Waals surface area contributed by atoms with E-state index in [0.717, 1.165) is 29.0 Å². The Morgan fingerprint density at radius 2 is 1.83 bits per heavy atom. The van der Waals surface area contributed by atoms with E-state index in [1.165, 1.54) is 0 Å². The topological polar surface area (TPSA) is 32.3 Å². The maximum absolute atomic E-state index is 12.7. The molecule has 4 heteroatoms. The van der Waals surface area contributed by atoms with Gasteiger partial charge >= 0.3 is 0 Å². The van der Waals surface area contributed by atoms with Crippen LogP contribution in [-0.2, 0) is 11.3 Å². The molecule has 0 unspecified atom stereocenters. The van der Waals surface area contributed by atoms with E-state index in [0.29, 0.717) is 12.6 Å². The Labute approximate surface area is 142 Å². The van der Waals surface area contributed by atoms with E-state index in [4.69, 9.17) is 11.6 Å². The highest BCUT2D eigenvalue weighted by atomic mass is 35.5. The standard InChI is InChI=1S/C19H21ClN2O/c1-22(13-14-7-9-16(20)10-8-14)18(15-5-3-2-4-6-15)19(23)21-17-11-12-17/h2-10,17-18H,11-13H2,1H3,(H,21,23)/t18-/m1/s1. The molecule has 2 aromatic carbocycles. The largest absolute Gasteiger partial charge is 0.352 e. The highest BCUT2D eigenvalue weighted by Gasteiger charge is 2.30. The van der Waals surface area contributed by atoms with Crippen LogP contribution in [0.3, 0.4) is 0 Å². The van der Waals surface area contributed by atoms with Crippen LogP contribution in [0.4, 0.5) is 0 Å². The van der Waals surface area contributed by atoms with Gasteiger partial charge in [0.05, 0.1) is 0 Å². The molecule has 0 aromatic heterocycles. The van der Waals surface area contributed by atoms with Crippen LogP contribution < -0.4 is 5.32 Å². The van der Waals surface area contributed by atoms with Crippen LogP contribution in [0.5, 0.6) is 0 Å². The third-order valence-corrected chi connectivity index (χ3v) is 4.33. The Balaban J connectivity index is 1.78. The van der Waals surface area contributed by atoms with Crippen molar-refractivity contribution in [2.75, 3.05) is 7.05 Å². The number of hydrogen-bond donors (Lipinski definition) is 1. The second-order valence-electron chi connectivity index (χ2n) is 6.14. The summed E-state index contributed by atoms with van der Waals surface area (Å²) in [7, 11) is 1.98. The van der Waals surface area contributed by atoms with Crippen LogP contribution in [0.2, 0.25) is 5.02 Å². The van der Waals surface area contributed by atoms with Crippen molar-refractivity contribution in [2.24, 2.45) is 0 Å². The first kappa shape index (κ1) is 16.0. The number of hydrogen-bond acceptors (Lipinski definition) is 2. The zero-order valence-corrected chi connectivity index (χ0v) is 14.0. The van der Waals surface area contributed by atoms with Gasteiger partial charge in [-0.05, 0) is 43.1 Å². The first-order chi connectivity index (χ1) is 11.1. The van der Waals surface area contributed by atoms with Gasteiger partial charge in [0.15, 0.2) is 0 Å². The minimum atomic E-state index is -0.285. The van der Waals surface area contributed by atoms with Crippen molar-refractivity contribution in [3.05, 3.63) is 70.7 Å². The summed E-state index contributed by atoms with van der Waals surface area (Å²) in [6.45, 7) is 0.689. The Morgan fingerprint density at radius 3 is 2.43 bits per heavy atom. The zero-order chi connectivity index (χ0) is 16.2. The summed E-state index contributed by atoms with van der Waals surface area (Å²) in [5, 5.41) is 3.85. The average Bonchev–Trinajstić information content (AvgIpc) is 3.35. The Hall–Kier alpha value is -1.84. The number of benzene rings is 2. The number of carbonyl (C=O) groups is 1. The minimum Gasteiger partial charge on any atom is -0.352 e. The quantitative estimate of drug-likeness (QED) is 0.875. The van der Waals surface area contributed by atoms with E-state index in [2.05, 4.69) is 10.2 Å². The van der Waals surface area contributed by atoms with E-state index in [1.807, 2.05) is 61.6 Å². The van der Waals surface area contributed by atoms with Crippen molar-refractivity contribution in [2.45, 2.75) is 31.5 Å². The van der Waals surface area contributed by atoms with Crippen molar-refractivity contribution in [1.82, 2.24) is 10.2 Å². The number of rotatable bonds is 6. The highest BCUT2D eigenvalue weighted by molar-refractivity contribution is 6.30. The van der Waals surface area contributed by atoms with E-state index in [-0.39, 0.29) is 11.9 Å². The molecule has 1 amide bonds. The molecule has 0 heterocycles. The number of likely N-dealkylation sites (N-methyl/N-ethyl adjacent to an activating group) is 1. The van der Waals surface area contributed by atoms with Crippen molar-refractivity contribution in [3.63, 3.8) is 0 Å². The molecule has 1 N–H and O–H groups in total. The van der Waals surface area contributed by atoms with Crippen molar-refractivity contribution in [1.29, 1.82) is 0 Å². The summed E-state index contributed by atoms with van der Waals surface area (Å²) in [6, 6.07) is 17.8. The molecular formula is C19H21ClN2O. The predicted octanol–water partition coefficient (Wildman–Crippen LogP) is 3.79. The van der Waals surface area contributed by atoms with Crippen LogP contribution in [0.25, 0.3) is 0 Å². The van der Waals surface area contributed by atoms with Crippen molar-refractivity contribution < 1.29 is 4.79 Å². The Morgan fingerprint density at radius 1 is 1.17 bits per heavy atom. The molecular weight excluding hydrogens is 308 g/mol. The van der Waals surface area contributed by atoms with Gasteiger partial charge in [-0.1, -0.05) is 54.1 Å². The molecule has 1 saturated carbocycles. The molecule has 0 aliphatic heterocycles. The molecule has 2 aromatic rings. The molecule has 1 atom stereocenters. The molecule has 1 fully saturated rings. The lowest BCUT2D eigenvalue weighted by Gasteiger charge is -2.27. The lowest BCUT2D eigenvalue weighted by atomic mass is 10.0. The fraction of sp³-hybridized carbons (Fsp3) is 0.316. The first-order valence-corrected chi connectivity index (χ1v) is 8.31. The van der Waals surface area contributed by atoms with E-state index >= 15 is 0 Å². The highest BCUT2D eigenvalue weighted by Crippen LogP contribution is 2.25. The van der Waals surface area contributed by atoms with Crippen LogP contribution in [0.1, 0.15) is 30.0 Å². The molecule has 3 rings (SSSR count). The van der Waals surface area contributed by atoms with Gasteiger partial charge in [0.2, 0.25) is 5.91 Å². The molecule has 1 aliphatic carbocycles. The summed E-state index contributed by atoms with van der Waals surface area (Å²) >= 11 is 5.94. The Bertz CT molecular complexity index is 653. The average molecular weight is 329 g/mol. The van der Waals surface area contributed by atoms with E-state index in [9.17, 15) is 4.79 Å². The van der Waals surface area contributed by atoms with Crippen LogP contribution >= 0.6 is 11.6 Å². The molecule has 120 valence electrons. The van der Waals surface area contributed by atoms with E-state index in [1.54, 1.807) is 0 Å². The predicted molar refractivity (Wildman–Crippen MR) is 93.3 cm³/mol. The van der Waals surface area contributed by atoms with Crippen LogP contribution in [0, 0.1) is 0 Å². The fourth-order valence-corrected chi connectivity index (χ4v) is 2.84. The number of nitrogens with zero attached hydrogens (tertiary/aromatic N) is 1. The molecule has 0 spiro atoms. The van der Waals surface area contributed by atoms with Gasteiger partial charge in [0, 0.05) is 17.6 Å². The number of halogens is 1. The molecule has 0 radical (unpaired) electrons. The second kappa shape index (κ2) is 7.16. The minimum absolute atomic E-state index is 0.0789. The lowest BCUT2D eigenvalue weighted by Crippen LogP contribution is -2.39. The third kappa shape index (κ3) is 4.34. The fourth-order valence-electron chi connectivity index (χ4n) is 2.72. The van der Waals surface area contributed by atoms with Crippen molar-refractivity contribution >= 4 is 17.5 Å². The summed E-state index contributed by atoms with van der Waals surface area (Å²) in [5.74, 6) is 0.0789. The summed E-state index contributed by atoms with van der Waals surface area (Å²) in [4.78, 5) is 14.8. The van der Waals surface area contributed by atoms with Gasteiger partial charge in [-0.2, -0.15) is 0 Å². The van der Waals surface area contributed by atoms with Gasteiger partial charge in [-0.15, -0.1) is 0 Å². The van der Waals surface area contributed by atoms with Crippen LogP contribution in [-0.4, -0.2) is 23.9 Å². The number of amides is 1. The third-order valence-electron chi connectivity index (χ3n) is 4.07. The molecule has 1 aliphatic rings. The number of carbonyl (C=O) groups excluding carboxylic acids is 1. The Kier molecular flexibility index (Phi) is 4.99. The smallest absolute Gasteiger partial charge is 0.242 e. The number of nitrogens with one attached hydrogen (secondary N) is 1. The lowest BCUT2D eigenvalue weighted by molar-refractivity contribution is -0.126. The van der Waals surface area contributed by atoms with Crippen molar-refractivity contribution in [3.8, 4) is 0 Å². The van der Waals surface area contributed by atoms with Crippen LogP contribution in [0.15, 0.2) is 54.6 Å². The SMILES string of the molecule is CN(Cc1ccc(Cl)cc1)[C@@H](C(=O)NC1CC1)c1ccccc1. The molecule has 23 heavy (non-hydrogen) atoms. The monoisotopic (exact) mass is 328 g/mol. The molecule has 0 bridgehead atoms. The zero-order valence-electron chi connectivity index (χ0n) is 13.2. The maximum atomic E-state index is 12.7. The molecule has 3 nitrogen and oxygen atoms in total.